The Labute approximate surface area is 89.0 Å². The van der Waals surface area contributed by atoms with Crippen LogP contribution in [0, 0.1) is 0 Å². The summed E-state index contributed by atoms with van der Waals surface area (Å²) >= 11 is 0. The lowest BCUT2D eigenvalue weighted by Crippen LogP contribution is -2.26. The number of phenols is 1. The van der Waals surface area contributed by atoms with E-state index in [0.717, 1.165) is 0 Å². The van der Waals surface area contributed by atoms with Crippen molar-refractivity contribution in [2.24, 2.45) is 5.73 Å². The van der Waals surface area contributed by atoms with E-state index in [0.29, 0.717) is 19.5 Å². The normalized spacial score (nSPS) is 11.5. The maximum Gasteiger partial charge on any atom is 0.240 e. The zero-order valence-electron chi connectivity index (χ0n) is 8.18. The van der Waals surface area contributed by atoms with Crippen LogP contribution in [0.15, 0.2) is 29.2 Å². The van der Waals surface area contributed by atoms with Crippen LogP contribution >= 0.6 is 0 Å². The number of nitrogens with one attached hydrogen (secondary N) is 1. The molecule has 1 rings (SSSR count). The summed E-state index contributed by atoms with van der Waals surface area (Å²) in [7, 11) is -3.47. The largest absolute Gasteiger partial charge is 0.508 e. The second kappa shape index (κ2) is 5.11. The van der Waals surface area contributed by atoms with Gasteiger partial charge in [0, 0.05) is 6.54 Å². The summed E-state index contributed by atoms with van der Waals surface area (Å²) in [5.74, 6) is 0.0379. The summed E-state index contributed by atoms with van der Waals surface area (Å²) in [5, 5.41) is 9.00. The third-order valence-electron chi connectivity index (χ3n) is 1.82. The number of sulfonamides is 1. The lowest BCUT2D eigenvalue weighted by Gasteiger charge is -2.05. The Morgan fingerprint density at radius 3 is 2.40 bits per heavy atom. The number of aromatic hydroxyl groups is 1. The van der Waals surface area contributed by atoms with E-state index in [2.05, 4.69) is 4.72 Å². The van der Waals surface area contributed by atoms with E-state index in [-0.39, 0.29) is 10.6 Å². The highest BCUT2D eigenvalue weighted by molar-refractivity contribution is 7.89. The molecule has 0 atom stereocenters. The van der Waals surface area contributed by atoms with Gasteiger partial charge in [0.15, 0.2) is 0 Å². The highest BCUT2D eigenvalue weighted by Gasteiger charge is 2.12. The molecule has 0 saturated heterocycles. The molecule has 15 heavy (non-hydrogen) atoms. The first-order valence-corrected chi connectivity index (χ1v) is 6.03. The Bertz CT molecular complexity index is 400. The van der Waals surface area contributed by atoms with Crippen molar-refractivity contribution in [3.05, 3.63) is 24.3 Å². The van der Waals surface area contributed by atoms with Gasteiger partial charge in [-0.25, -0.2) is 13.1 Å². The van der Waals surface area contributed by atoms with Gasteiger partial charge >= 0.3 is 0 Å². The number of rotatable bonds is 5. The monoisotopic (exact) mass is 230 g/mol. The molecule has 0 aliphatic heterocycles. The van der Waals surface area contributed by atoms with E-state index in [1.807, 2.05) is 0 Å². The molecule has 0 aliphatic carbocycles. The molecule has 0 aromatic heterocycles. The summed E-state index contributed by atoms with van der Waals surface area (Å²) in [6.07, 6.45) is 0.595. The molecular weight excluding hydrogens is 216 g/mol. The second-order valence-electron chi connectivity index (χ2n) is 3.03. The molecule has 0 unspecified atom stereocenters. The summed E-state index contributed by atoms with van der Waals surface area (Å²) < 4.78 is 25.6. The van der Waals surface area contributed by atoms with Crippen LogP contribution < -0.4 is 10.5 Å². The molecular formula is C9H14N2O3S. The fourth-order valence-corrected chi connectivity index (χ4v) is 2.09. The minimum absolute atomic E-state index is 0.0379. The van der Waals surface area contributed by atoms with Crippen LogP contribution in [0.4, 0.5) is 0 Å². The highest BCUT2D eigenvalue weighted by atomic mass is 32.2. The average molecular weight is 230 g/mol. The van der Waals surface area contributed by atoms with Gasteiger partial charge in [-0.15, -0.1) is 0 Å². The Kier molecular flexibility index (Phi) is 4.07. The quantitative estimate of drug-likeness (QED) is 0.622. The predicted octanol–water partition coefficient (Wildman–Crippen LogP) is 0.0193. The predicted molar refractivity (Wildman–Crippen MR) is 57.0 cm³/mol. The van der Waals surface area contributed by atoms with E-state index in [1.165, 1.54) is 24.3 Å². The summed E-state index contributed by atoms with van der Waals surface area (Å²) in [6, 6.07) is 5.36. The molecule has 6 heteroatoms. The zero-order valence-corrected chi connectivity index (χ0v) is 9.00. The van der Waals surface area contributed by atoms with Crippen molar-refractivity contribution < 1.29 is 13.5 Å². The minimum atomic E-state index is -3.47. The Hall–Kier alpha value is -1.11. The first-order valence-electron chi connectivity index (χ1n) is 4.55. The van der Waals surface area contributed by atoms with Crippen molar-refractivity contribution in [1.82, 2.24) is 4.72 Å². The van der Waals surface area contributed by atoms with Crippen molar-refractivity contribution in [3.8, 4) is 5.75 Å². The summed E-state index contributed by atoms with van der Waals surface area (Å²) in [4.78, 5) is 0.136. The summed E-state index contributed by atoms with van der Waals surface area (Å²) in [5.41, 5.74) is 5.25. The number of nitrogens with two attached hydrogens (primary N) is 1. The lowest BCUT2D eigenvalue weighted by molar-refractivity contribution is 0.474. The van der Waals surface area contributed by atoms with E-state index >= 15 is 0 Å². The van der Waals surface area contributed by atoms with Crippen molar-refractivity contribution >= 4 is 10.0 Å². The number of hydrogen-bond donors (Lipinski definition) is 3. The van der Waals surface area contributed by atoms with Crippen molar-refractivity contribution in [2.45, 2.75) is 11.3 Å². The standard InChI is InChI=1S/C9H14N2O3S/c10-6-1-7-11-15(13,14)9-4-2-8(12)3-5-9/h2-5,11-12H,1,6-7,10H2. The van der Waals surface area contributed by atoms with E-state index < -0.39 is 10.0 Å². The van der Waals surface area contributed by atoms with Crippen LogP contribution in [0.2, 0.25) is 0 Å². The topological polar surface area (TPSA) is 92.4 Å². The summed E-state index contributed by atoms with van der Waals surface area (Å²) in [6.45, 7) is 0.762. The molecule has 4 N–H and O–H groups in total. The third-order valence-corrected chi connectivity index (χ3v) is 3.30. The van der Waals surface area contributed by atoms with Crippen molar-refractivity contribution in [2.75, 3.05) is 13.1 Å². The van der Waals surface area contributed by atoms with Gasteiger partial charge in [0.25, 0.3) is 0 Å². The molecule has 0 spiro atoms. The number of phenolic OH excluding ortho intramolecular Hbond substituents is 1. The van der Waals surface area contributed by atoms with Crippen molar-refractivity contribution in [3.63, 3.8) is 0 Å². The molecule has 0 amide bonds. The van der Waals surface area contributed by atoms with Gasteiger partial charge in [-0.2, -0.15) is 0 Å². The van der Waals surface area contributed by atoms with Crippen LogP contribution in [0.25, 0.3) is 0 Å². The van der Waals surface area contributed by atoms with Crippen LogP contribution in [-0.4, -0.2) is 26.6 Å². The molecule has 0 aliphatic rings. The number of hydrogen-bond acceptors (Lipinski definition) is 4. The lowest BCUT2D eigenvalue weighted by atomic mass is 10.3. The molecule has 1 aromatic carbocycles. The number of benzene rings is 1. The van der Waals surface area contributed by atoms with Gasteiger partial charge in [-0.05, 0) is 37.2 Å². The molecule has 5 nitrogen and oxygen atoms in total. The van der Waals surface area contributed by atoms with Crippen LogP contribution in [0.5, 0.6) is 5.75 Å². The van der Waals surface area contributed by atoms with Gasteiger partial charge in [-0.3, -0.25) is 0 Å². The van der Waals surface area contributed by atoms with Gasteiger partial charge in [0.2, 0.25) is 10.0 Å². The van der Waals surface area contributed by atoms with Gasteiger partial charge in [0.05, 0.1) is 4.90 Å². The molecule has 1 aromatic rings. The van der Waals surface area contributed by atoms with E-state index in [1.54, 1.807) is 0 Å². The van der Waals surface area contributed by atoms with Crippen LogP contribution in [0.3, 0.4) is 0 Å². The zero-order chi connectivity index (χ0) is 11.3. The van der Waals surface area contributed by atoms with Gasteiger partial charge < -0.3 is 10.8 Å². The third kappa shape index (κ3) is 3.50. The molecule has 0 radical (unpaired) electrons. The molecule has 0 fully saturated rings. The Morgan fingerprint density at radius 2 is 1.87 bits per heavy atom. The minimum Gasteiger partial charge on any atom is -0.508 e. The molecule has 0 heterocycles. The first kappa shape index (κ1) is 12.0. The van der Waals surface area contributed by atoms with Crippen LogP contribution in [-0.2, 0) is 10.0 Å². The molecule has 0 saturated carbocycles. The smallest absolute Gasteiger partial charge is 0.240 e. The van der Waals surface area contributed by atoms with Crippen LogP contribution in [0.1, 0.15) is 6.42 Å². The molecule has 84 valence electrons. The Morgan fingerprint density at radius 1 is 1.27 bits per heavy atom. The maximum atomic E-state index is 11.6. The Balaban J connectivity index is 2.73. The second-order valence-corrected chi connectivity index (χ2v) is 4.80. The van der Waals surface area contributed by atoms with E-state index in [4.69, 9.17) is 10.8 Å². The van der Waals surface area contributed by atoms with E-state index in [9.17, 15) is 8.42 Å². The highest BCUT2D eigenvalue weighted by Crippen LogP contribution is 2.13. The van der Waals surface area contributed by atoms with Gasteiger partial charge in [-0.1, -0.05) is 0 Å². The van der Waals surface area contributed by atoms with Crippen molar-refractivity contribution in [1.29, 1.82) is 0 Å². The first-order chi connectivity index (χ1) is 7.06. The fraction of sp³-hybridized carbons (Fsp3) is 0.333. The van der Waals surface area contributed by atoms with Gasteiger partial charge in [0.1, 0.15) is 5.75 Å². The fourth-order valence-electron chi connectivity index (χ4n) is 1.02. The maximum absolute atomic E-state index is 11.6. The average Bonchev–Trinajstić information content (AvgIpc) is 2.18. The molecule has 0 bridgehead atoms. The SMILES string of the molecule is NCCCNS(=O)(=O)c1ccc(O)cc1.